The topological polar surface area (TPSA) is 117 Å². The number of phosphoric ester groups is 1. The van der Waals surface area contributed by atoms with Crippen LogP contribution in [0.2, 0.25) is 0 Å². The fourth-order valence-electron chi connectivity index (χ4n) is 5.60. The zero-order valence-corrected chi connectivity index (χ0v) is 32.8. The molecular formula is C40H78NO7P. The fourth-order valence-corrected chi connectivity index (χ4v) is 6.37. The molecule has 0 saturated carbocycles. The van der Waals surface area contributed by atoms with Crippen molar-refractivity contribution in [3.05, 3.63) is 24.3 Å². The van der Waals surface area contributed by atoms with Gasteiger partial charge in [-0.1, -0.05) is 167 Å². The molecule has 0 bridgehead atoms. The SMILES string of the molecule is CCCC/C=C\C/C=C\CCCCCCCC(=O)O[C@H](COCCCCCCCCCCCCCCCCCC)COP(=O)(O)OCCN. The van der Waals surface area contributed by atoms with E-state index in [9.17, 15) is 14.3 Å². The third-order valence-corrected chi connectivity index (χ3v) is 9.61. The molecule has 0 aliphatic carbocycles. The molecular weight excluding hydrogens is 637 g/mol. The van der Waals surface area contributed by atoms with Gasteiger partial charge in [0.2, 0.25) is 0 Å². The lowest BCUT2D eigenvalue weighted by Crippen LogP contribution is -2.28. The second kappa shape index (κ2) is 38.2. The van der Waals surface area contributed by atoms with Crippen molar-refractivity contribution in [2.75, 3.05) is 33.0 Å². The highest BCUT2D eigenvalue weighted by Crippen LogP contribution is 2.43. The van der Waals surface area contributed by atoms with Crippen molar-refractivity contribution in [2.24, 2.45) is 5.73 Å². The molecule has 290 valence electrons. The summed E-state index contributed by atoms with van der Waals surface area (Å²) in [5.41, 5.74) is 5.36. The minimum Gasteiger partial charge on any atom is -0.457 e. The van der Waals surface area contributed by atoms with Crippen LogP contribution in [0.3, 0.4) is 0 Å². The van der Waals surface area contributed by atoms with Gasteiger partial charge in [-0.2, -0.15) is 0 Å². The van der Waals surface area contributed by atoms with E-state index >= 15 is 0 Å². The molecule has 1 unspecified atom stereocenters. The van der Waals surface area contributed by atoms with Gasteiger partial charge in [-0.05, 0) is 38.5 Å². The van der Waals surface area contributed by atoms with Gasteiger partial charge in [-0.15, -0.1) is 0 Å². The van der Waals surface area contributed by atoms with Crippen molar-refractivity contribution in [3.8, 4) is 0 Å². The number of hydrogen-bond acceptors (Lipinski definition) is 7. The Balaban J connectivity index is 4.05. The summed E-state index contributed by atoms with van der Waals surface area (Å²) in [6.45, 7) is 4.88. The Kier molecular flexibility index (Phi) is 37.4. The van der Waals surface area contributed by atoms with Gasteiger partial charge in [-0.3, -0.25) is 13.8 Å². The number of carbonyl (C=O) groups is 1. The molecule has 0 amide bonds. The predicted octanol–water partition coefficient (Wildman–Crippen LogP) is 11.7. The van der Waals surface area contributed by atoms with Gasteiger partial charge in [0.1, 0.15) is 6.10 Å². The van der Waals surface area contributed by atoms with Crippen molar-refractivity contribution >= 4 is 13.8 Å². The normalized spacial score (nSPS) is 13.8. The zero-order chi connectivity index (χ0) is 35.9. The molecule has 2 atom stereocenters. The Bertz CT molecular complexity index is 807. The molecule has 0 rings (SSSR count). The van der Waals surface area contributed by atoms with E-state index in [0.717, 1.165) is 57.8 Å². The van der Waals surface area contributed by atoms with Gasteiger partial charge in [0.05, 0.1) is 19.8 Å². The molecule has 0 spiro atoms. The van der Waals surface area contributed by atoms with E-state index in [0.29, 0.717) is 13.0 Å². The number of esters is 1. The highest BCUT2D eigenvalue weighted by atomic mass is 31.2. The van der Waals surface area contributed by atoms with E-state index in [-0.39, 0.29) is 32.3 Å². The minimum atomic E-state index is -4.27. The zero-order valence-electron chi connectivity index (χ0n) is 31.9. The first-order valence-electron chi connectivity index (χ1n) is 20.3. The first-order chi connectivity index (χ1) is 23.9. The third-order valence-electron chi connectivity index (χ3n) is 8.62. The van der Waals surface area contributed by atoms with Crippen molar-refractivity contribution in [3.63, 3.8) is 0 Å². The molecule has 0 radical (unpaired) electrons. The van der Waals surface area contributed by atoms with E-state index in [1.54, 1.807) is 0 Å². The largest absolute Gasteiger partial charge is 0.472 e. The van der Waals surface area contributed by atoms with Gasteiger partial charge in [0.15, 0.2) is 0 Å². The summed E-state index contributed by atoms with van der Waals surface area (Å²) in [5.74, 6) is -0.342. The Morgan fingerprint density at radius 2 is 1.10 bits per heavy atom. The average molecular weight is 716 g/mol. The fraction of sp³-hybridized carbons (Fsp3) is 0.875. The van der Waals surface area contributed by atoms with Crippen LogP contribution < -0.4 is 5.73 Å². The summed E-state index contributed by atoms with van der Waals surface area (Å²) in [6, 6.07) is 0. The number of hydrogen-bond donors (Lipinski definition) is 2. The number of phosphoric acid groups is 1. The molecule has 8 nitrogen and oxygen atoms in total. The number of allylic oxidation sites excluding steroid dienone is 4. The Morgan fingerprint density at radius 1 is 0.612 bits per heavy atom. The highest BCUT2D eigenvalue weighted by molar-refractivity contribution is 7.47. The third kappa shape index (κ3) is 38.1. The molecule has 49 heavy (non-hydrogen) atoms. The predicted molar refractivity (Wildman–Crippen MR) is 206 cm³/mol. The maximum atomic E-state index is 12.5. The van der Waals surface area contributed by atoms with Gasteiger partial charge < -0.3 is 20.1 Å². The van der Waals surface area contributed by atoms with E-state index < -0.39 is 13.9 Å². The van der Waals surface area contributed by atoms with Crippen LogP contribution in [0, 0.1) is 0 Å². The molecule has 0 heterocycles. The quantitative estimate of drug-likeness (QED) is 0.0279. The second-order valence-corrected chi connectivity index (χ2v) is 15.0. The average Bonchev–Trinajstić information content (AvgIpc) is 3.09. The molecule has 0 saturated heterocycles. The smallest absolute Gasteiger partial charge is 0.457 e. The lowest BCUT2D eigenvalue weighted by molar-refractivity contribution is -0.154. The number of carbonyl (C=O) groups excluding carboxylic acids is 1. The maximum Gasteiger partial charge on any atom is 0.472 e. The van der Waals surface area contributed by atoms with Gasteiger partial charge in [0, 0.05) is 19.6 Å². The summed E-state index contributed by atoms with van der Waals surface area (Å²) in [7, 11) is -4.27. The number of rotatable bonds is 39. The summed E-state index contributed by atoms with van der Waals surface area (Å²) in [4.78, 5) is 22.4. The van der Waals surface area contributed by atoms with E-state index in [2.05, 4.69) is 38.2 Å². The van der Waals surface area contributed by atoms with Crippen molar-refractivity contribution in [2.45, 2.75) is 193 Å². The van der Waals surface area contributed by atoms with Crippen molar-refractivity contribution < 1.29 is 32.8 Å². The maximum absolute atomic E-state index is 12.5. The lowest BCUT2D eigenvalue weighted by Gasteiger charge is -2.20. The molecule has 0 aromatic rings. The summed E-state index contributed by atoms with van der Waals surface area (Å²) < 4.78 is 33.3. The van der Waals surface area contributed by atoms with Crippen LogP contribution >= 0.6 is 7.82 Å². The number of ether oxygens (including phenoxy) is 2. The Hall–Kier alpha value is -1.02. The van der Waals surface area contributed by atoms with E-state index in [1.807, 2.05) is 0 Å². The minimum absolute atomic E-state index is 0.0965. The van der Waals surface area contributed by atoms with Gasteiger partial charge >= 0.3 is 13.8 Å². The molecule has 3 N–H and O–H groups in total. The molecule has 0 fully saturated rings. The second-order valence-electron chi connectivity index (χ2n) is 13.5. The van der Waals surface area contributed by atoms with Crippen LogP contribution in [0.15, 0.2) is 24.3 Å². The van der Waals surface area contributed by atoms with Crippen LogP contribution in [0.1, 0.15) is 187 Å². The van der Waals surface area contributed by atoms with Crippen LogP contribution in [0.5, 0.6) is 0 Å². The standard InChI is InChI=1S/C40H78NO7P/c1-3-5-7-9-11-13-15-17-19-20-22-24-26-28-30-32-35-45-37-39(38-47-49(43,44)46-36-34-41)48-40(42)33-31-29-27-25-23-21-18-16-14-12-10-8-6-4-2/h10,12,16,18,39H,3-9,11,13-15,17,19-38,41H2,1-2H3,(H,43,44)/b12-10-,18-16-/t39-/m1/s1. The van der Waals surface area contributed by atoms with Gasteiger partial charge in [0.25, 0.3) is 0 Å². The van der Waals surface area contributed by atoms with Crippen molar-refractivity contribution in [1.82, 2.24) is 0 Å². The molecule has 0 aliphatic rings. The first kappa shape index (κ1) is 48.0. The number of unbranched alkanes of at least 4 members (excludes halogenated alkanes) is 22. The van der Waals surface area contributed by atoms with Crippen LogP contribution in [0.4, 0.5) is 0 Å². The first-order valence-corrected chi connectivity index (χ1v) is 21.8. The van der Waals surface area contributed by atoms with Crippen LogP contribution in [-0.2, 0) is 27.9 Å². The monoisotopic (exact) mass is 716 g/mol. The van der Waals surface area contributed by atoms with Crippen molar-refractivity contribution in [1.29, 1.82) is 0 Å². The van der Waals surface area contributed by atoms with E-state index in [4.69, 9.17) is 24.3 Å². The molecule has 0 aromatic heterocycles. The van der Waals surface area contributed by atoms with Crippen LogP contribution in [0.25, 0.3) is 0 Å². The summed E-state index contributed by atoms with van der Waals surface area (Å²) in [5, 5.41) is 0. The molecule has 0 aromatic carbocycles. The van der Waals surface area contributed by atoms with E-state index in [1.165, 1.54) is 109 Å². The Labute approximate surface area is 302 Å². The summed E-state index contributed by atoms with van der Waals surface area (Å²) in [6.07, 6.45) is 40.4. The van der Waals surface area contributed by atoms with Gasteiger partial charge in [-0.25, -0.2) is 4.57 Å². The van der Waals surface area contributed by atoms with Crippen LogP contribution in [-0.4, -0.2) is 49.9 Å². The Morgan fingerprint density at radius 3 is 1.65 bits per heavy atom. The molecule has 9 heteroatoms. The number of nitrogens with two attached hydrogens (primary N) is 1. The lowest BCUT2D eigenvalue weighted by atomic mass is 10.0. The summed E-state index contributed by atoms with van der Waals surface area (Å²) >= 11 is 0. The molecule has 0 aliphatic heterocycles. The highest BCUT2D eigenvalue weighted by Gasteiger charge is 2.25.